The average molecular weight is 315 g/mol. The molecule has 0 aliphatic heterocycles. The molecule has 5 heteroatoms. The fourth-order valence-corrected chi connectivity index (χ4v) is 2.44. The molecule has 0 radical (unpaired) electrons. The molecule has 0 saturated carbocycles. The number of hydrogen-bond acceptors (Lipinski definition) is 4. The third-order valence-corrected chi connectivity index (χ3v) is 3.50. The highest BCUT2D eigenvalue weighted by Crippen LogP contribution is 2.27. The maximum absolute atomic E-state index is 12.6. The van der Waals surface area contributed by atoms with Gasteiger partial charge >= 0.3 is 5.97 Å². The van der Waals surface area contributed by atoms with Crippen LogP contribution in [0, 0.1) is 0 Å². The molecular weight excluding hydrogens is 304 g/mol. The Kier molecular flexibility index (Phi) is 3.69. The molecule has 1 aromatic heterocycles. The highest BCUT2D eigenvalue weighted by atomic mass is 35.5. The number of esters is 1. The van der Waals surface area contributed by atoms with Crippen LogP contribution in [0.4, 0.5) is 0 Å². The Bertz CT molecular complexity index is 927. The number of carbonyl (C=O) groups excluding carboxylic acids is 1. The lowest BCUT2D eigenvalue weighted by molar-refractivity contribution is -0.131. The maximum Gasteiger partial charge on any atom is 0.308 e. The van der Waals surface area contributed by atoms with Crippen LogP contribution in [0.3, 0.4) is 0 Å². The van der Waals surface area contributed by atoms with E-state index < -0.39 is 5.97 Å². The smallest absolute Gasteiger partial charge is 0.308 e. The summed E-state index contributed by atoms with van der Waals surface area (Å²) in [6, 6.07) is 11.7. The van der Waals surface area contributed by atoms with E-state index in [2.05, 4.69) is 0 Å². The van der Waals surface area contributed by atoms with Gasteiger partial charge in [-0.2, -0.15) is 0 Å². The van der Waals surface area contributed by atoms with Crippen molar-refractivity contribution in [3.05, 3.63) is 64.0 Å². The van der Waals surface area contributed by atoms with Crippen LogP contribution < -0.4 is 10.2 Å². The van der Waals surface area contributed by atoms with E-state index in [0.717, 1.165) is 0 Å². The van der Waals surface area contributed by atoms with Crippen LogP contribution >= 0.6 is 11.6 Å². The second-order valence-electron chi connectivity index (χ2n) is 4.71. The molecule has 0 fully saturated rings. The Morgan fingerprint density at radius 3 is 2.64 bits per heavy atom. The summed E-state index contributed by atoms with van der Waals surface area (Å²) < 4.78 is 10.5. The van der Waals surface area contributed by atoms with Crippen LogP contribution in [-0.2, 0) is 4.79 Å². The van der Waals surface area contributed by atoms with Crippen LogP contribution in [0.25, 0.3) is 22.1 Å². The quantitative estimate of drug-likeness (QED) is 0.529. The molecule has 0 saturated heterocycles. The minimum Gasteiger partial charge on any atom is -0.463 e. The van der Waals surface area contributed by atoms with Gasteiger partial charge in [-0.1, -0.05) is 29.8 Å². The van der Waals surface area contributed by atoms with E-state index in [4.69, 9.17) is 20.8 Å². The Morgan fingerprint density at radius 1 is 1.14 bits per heavy atom. The number of ether oxygens (including phenoxy) is 1. The van der Waals surface area contributed by atoms with Crippen LogP contribution in [0.15, 0.2) is 57.9 Å². The van der Waals surface area contributed by atoms with Crippen molar-refractivity contribution in [3.8, 4) is 16.9 Å². The lowest BCUT2D eigenvalue weighted by atomic mass is 10.1. The minimum atomic E-state index is -0.436. The van der Waals surface area contributed by atoms with Crippen molar-refractivity contribution >= 4 is 28.5 Å². The number of carbonyl (C=O) groups is 1. The topological polar surface area (TPSA) is 56.5 Å². The first kappa shape index (κ1) is 14.4. The fraction of sp³-hybridized carbons (Fsp3) is 0.0588. The molecule has 0 bridgehead atoms. The predicted molar refractivity (Wildman–Crippen MR) is 84.2 cm³/mol. The van der Waals surface area contributed by atoms with Gasteiger partial charge in [-0.3, -0.25) is 9.59 Å². The summed E-state index contributed by atoms with van der Waals surface area (Å²) in [5.41, 5.74) is 1.16. The summed E-state index contributed by atoms with van der Waals surface area (Å²) in [6.07, 6.45) is 1.36. The number of halogens is 1. The van der Waals surface area contributed by atoms with Crippen LogP contribution in [0.2, 0.25) is 5.02 Å². The summed E-state index contributed by atoms with van der Waals surface area (Å²) >= 11 is 6.13. The molecular formula is C17H11ClO4. The molecule has 22 heavy (non-hydrogen) atoms. The lowest BCUT2D eigenvalue weighted by Gasteiger charge is -2.06. The highest BCUT2D eigenvalue weighted by Gasteiger charge is 2.12. The molecule has 0 unspecified atom stereocenters. The van der Waals surface area contributed by atoms with E-state index in [0.29, 0.717) is 32.9 Å². The molecule has 0 aliphatic rings. The zero-order valence-corrected chi connectivity index (χ0v) is 12.4. The van der Waals surface area contributed by atoms with E-state index in [1.165, 1.54) is 19.3 Å². The summed E-state index contributed by atoms with van der Waals surface area (Å²) in [4.78, 5) is 23.6. The van der Waals surface area contributed by atoms with Crippen molar-refractivity contribution in [2.75, 3.05) is 0 Å². The van der Waals surface area contributed by atoms with Crippen molar-refractivity contribution in [2.45, 2.75) is 6.92 Å². The maximum atomic E-state index is 12.6. The van der Waals surface area contributed by atoms with E-state index in [1.54, 1.807) is 36.4 Å². The highest BCUT2D eigenvalue weighted by molar-refractivity contribution is 6.33. The summed E-state index contributed by atoms with van der Waals surface area (Å²) in [6.45, 7) is 1.31. The van der Waals surface area contributed by atoms with Crippen molar-refractivity contribution in [3.63, 3.8) is 0 Å². The Labute approximate surface area is 130 Å². The molecule has 0 atom stereocenters. The summed E-state index contributed by atoms with van der Waals surface area (Å²) in [5.74, 6) is -0.108. The van der Waals surface area contributed by atoms with E-state index in [1.807, 2.05) is 0 Å². The van der Waals surface area contributed by atoms with Gasteiger partial charge in [0, 0.05) is 23.6 Å². The summed E-state index contributed by atoms with van der Waals surface area (Å²) in [7, 11) is 0. The van der Waals surface area contributed by atoms with Crippen molar-refractivity contribution in [2.24, 2.45) is 0 Å². The van der Waals surface area contributed by atoms with E-state index >= 15 is 0 Å². The Hall–Kier alpha value is -2.59. The first-order chi connectivity index (χ1) is 10.6. The zero-order chi connectivity index (χ0) is 15.7. The molecule has 3 rings (SSSR count). The van der Waals surface area contributed by atoms with Crippen LogP contribution in [0.1, 0.15) is 6.92 Å². The second-order valence-corrected chi connectivity index (χ2v) is 5.12. The van der Waals surface area contributed by atoms with Gasteiger partial charge in [0.1, 0.15) is 17.6 Å². The minimum absolute atomic E-state index is 0.191. The summed E-state index contributed by atoms with van der Waals surface area (Å²) in [5, 5.41) is 0.874. The third kappa shape index (κ3) is 2.61. The molecule has 0 spiro atoms. The van der Waals surface area contributed by atoms with Crippen molar-refractivity contribution in [1.82, 2.24) is 0 Å². The van der Waals surface area contributed by atoms with Gasteiger partial charge in [0.05, 0.1) is 10.9 Å². The Morgan fingerprint density at radius 2 is 1.91 bits per heavy atom. The van der Waals surface area contributed by atoms with Gasteiger partial charge in [0.25, 0.3) is 0 Å². The molecule has 4 nitrogen and oxygen atoms in total. The largest absolute Gasteiger partial charge is 0.463 e. The van der Waals surface area contributed by atoms with Crippen molar-refractivity contribution in [1.29, 1.82) is 0 Å². The number of benzene rings is 2. The van der Waals surface area contributed by atoms with Gasteiger partial charge < -0.3 is 9.15 Å². The molecule has 3 aromatic rings. The van der Waals surface area contributed by atoms with E-state index in [9.17, 15) is 9.59 Å². The standard InChI is InChI=1S/C17H11ClO4/c1-10(19)22-11-6-7-13-16(8-11)21-9-14(17(13)20)12-4-2-3-5-15(12)18/h2-9H,1H3. The molecule has 2 aromatic carbocycles. The van der Waals surface area contributed by atoms with Gasteiger partial charge in [0.2, 0.25) is 5.43 Å². The number of fused-ring (bicyclic) bond motifs is 1. The molecule has 0 amide bonds. The van der Waals surface area contributed by atoms with Crippen LogP contribution in [-0.4, -0.2) is 5.97 Å². The third-order valence-electron chi connectivity index (χ3n) is 3.17. The fourth-order valence-electron chi connectivity index (χ4n) is 2.20. The van der Waals surface area contributed by atoms with Gasteiger partial charge in [-0.25, -0.2) is 0 Å². The first-order valence-electron chi connectivity index (χ1n) is 6.55. The predicted octanol–water partition coefficient (Wildman–Crippen LogP) is 4.04. The lowest BCUT2D eigenvalue weighted by Crippen LogP contribution is -2.06. The second kappa shape index (κ2) is 5.66. The Balaban J connectivity index is 2.17. The number of rotatable bonds is 2. The van der Waals surface area contributed by atoms with Gasteiger partial charge in [0.15, 0.2) is 0 Å². The number of hydrogen-bond donors (Lipinski definition) is 0. The SMILES string of the molecule is CC(=O)Oc1ccc2c(=O)c(-c3ccccc3Cl)coc2c1. The monoisotopic (exact) mass is 314 g/mol. The van der Waals surface area contributed by atoms with Crippen LogP contribution in [0.5, 0.6) is 5.75 Å². The van der Waals surface area contributed by atoms with E-state index in [-0.39, 0.29) is 5.43 Å². The van der Waals surface area contributed by atoms with Crippen molar-refractivity contribution < 1.29 is 13.9 Å². The van der Waals surface area contributed by atoms with Gasteiger partial charge in [-0.05, 0) is 18.2 Å². The molecule has 1 heterocycles. The average Bonchev–Trinajstić information content (AvgIpc) is 2.48. The normalized spacial score (nSPS) is 10.6. The zero-order valence-electron chi connectivity index (χ0n) is 11.6. The molecule has 0 aliphatic carbocycles. The van der Waals surface area contributed by atoms with Gasteiger partial charge in [-0.15, -0.1) is 0 Å². The molecule has 110 valence electrons. The first-order valence-corrected chi connectivity index (χ1v) is 6.93. The molecule has 0 N–H and O–H groups in total.